The van der Waals surface area contributed by atoms with Crippen molar-refractivity contribution >= 4 is 39.9 Å². The molecule has 0 saturated carbocycles. The Labute approximate surface area is 175 Å². The molecule has 0 bridgehead atoms. The molecule has 6 nitrogen and oxygen atoms in total. The number of hydrogen-bond donors (Lipinski definition) is 1. The highest BCUT2D eigenvalue weighted by Gasteiger charge is 2.20. The number of amides is 1. The Bertz CT molecular complexity index is 1160. The van der Waals surface area contributed by atoms with Gasteiger partial charge >= 0.3 is 0 Å². The predicted octanol–water partition coefficient (Wildman–Crippen LogP) is 4.62. The van der Waals surface area contributed by atoms with Gasteiger partial charge in [0.15, 0.2) is 0 Å². The van der Waals surface area contributed by atoms with Gasteiger partial charge in [0.1, 0.15) is 10.2 Å². The fourth-order valence-corrected chi connectivity index (χ4v) is 4.61. The Morgan fingerprint density at radius 1 is 1.24 bits per heavy atom. The van der Waals surface area contributed by atoms with E-state index in [1.165, 1.54) is 12.1 Å². The van der Waals surface area contributed by atoms with Gasteiger partial charge in [-0.15, -0.1) is 11.3 Å². The monoisotopic (exact) mass is 427 g/mol. The number of aromatic nitrogens is 4. The quantitative estimate of drug-likeness (QED) is 0.455. The number of thiazole rings is 1. The SMILES string of the molecule is CCC(NC(=O)c1cncc2c1cnn2-c1ccc(F)cc1)c1cnc(SC)s1. The maximum atomic E-state index is 13.2. The lowest BCUT2D eigenvalue weighted by atomic mass is 10.1. The first-order valence-corrected chi connectivity index (χ1v) is 11.0. The summed E-state index contributed by atoms with van der Waals surface area (Å²) in [4.78, 5) is 22.6. The molecule has 0 aliphatic carbocycles. The lowest BCUT2D eigenvalue weighted by Gasteiger charge is -2.15. The van der Waals surface area contributed by atoms with Gasteiger partial charge in [0, 0.05) is 22.7 Å². The highest BCUT2D eigenvalue weighted by molar-refractivity contribution is 8.00. The number of nitrogens with zero attached hydrogens (tertiary/aromatic N) is 4. The van der Waals surface area contributed by atoms with Crippen molar-refractivity contribution < 1.29 is 9.18 Å². The summed E-state index contributed by atoms with van der Waals surface area (Å²) in [6.45, 7) is 2.02. The molecule has 1 N–H and O–H groups in total. The van der Waals surface area contributed by atoms with Crippen LogP contribution in [0.5, 0.6) is 0 Å². The second-order valence-electron chi connectivity index (χ2n) is 6.32. The van der Waals surface area contributed by atoms with Crippen molar-refractivity contribution in [2.45, 2.75) is 23.7 Å². The van der Waals surface area contributed by atoms with Gasteiger partial charge in [-0.2, -0.15) is 5.10 Å². The maximum Gasteiger partial charge on any atom is 0.254 e. The summed E-state index contributed by atoms with van der Waals surface area (Å²) in [5.74, 6) is -0.533. The Balaban J connectivity index is 1.65. The summed E-state index contributed by atoms with van der Waals surface area (Å²) in [5.41, 5.74) is 1.82. The lowest BCUT2D eigenvalue weighted by Crippen LogP contribution is -2.27. The molecule has 4 rings (SSSR count). The van der Waals surface area contributed by atoms with Crippen LogP contribution in [0.4, 0.5) is 4.39 Å². The molecular weight excluding hydrogens is 409 g/mol. The molecule has 0 radical (unpaired) electrons. The van der Waals surface area contributed by atoms with Gasteiger partial charge in [-0.3, -0.25) is 9.78 Å². The third kappa shape index (κ3) is 3.88. The number of rotatable bonds is 6. The van der Waals surface area contributed by atoms with Gasteiger partial charge in [-0.1, -0.05) is 18.7 Å². The lowest BCUT2D eigenvalue weighted by molar-refractivity contribution is 0.0937. The third-order valence-electron chi connectivity index (χ3n) is 4.55. The molecule has 4 aromatic rings. The van der Waals surface area contributed by atoms with Crippen LogP contribution in [0.15, 0.2) is 53.4 Å². The highest BCUT2D eigenvalue weighted by Crippen LogP contribution is 2.29. The summed E-state index contributed by atoms with van der Waals surface area (Å²) < 4.78 is 15.8. The first-order chi connectivity index (χ1) is 14.1. The average molecular weight is 428 g/mol. The van der Waals surface area contributed by atoms with E-state index in [1.54, 1.807) is 58.5 Å². The van der Waals surface area contributed by atoms with Crippen LogP contribution >= 0.6 is 23.1 Å². The van der Waals surface area contributed by atoms with E-state index in [-0.39, 0.29) is 17.8 Å². The molecule has 9 heteroatoms. The second-order valence-corrected chi connectivity index (χ2v) is 8.44. The number of hydrogen-bond acceptors (Lipinski definition) is 6. The fraction of sp³-hybridized carbons (Fsp3) is 0.200. The molecule has 1 unspecified atom stereocenters. The molecule has 0 saturated heterocycles. The van der Waals surface area contributed by atoms with E-state index in [0.29, 0.717) is 22.2 Å². The van der Waals surface area contributed by atoms with E-state index in [9.17, 15) is 9.18 Å². The highest BCUT2D eigenvalue weighted by atomic mass is 32.2. The van der Waals surface area contributed by atoms with Crippen molar-refractivity contribution in [2.24, 2.45) is 0 Å². The molecule has 0 spiro atoms. The number of fused-ring (bicyclic) bond motifs is 1. The van der Waals surface area contributed by atoms with E-state index in [2.05, 4.69) is 20.4 Å². The molecule has 3 aromatic heterocycles. The molecule has 0 aliphatic rings. The summed E-state index contributed by atoms with van der Waals surface area (Å²) >= 11 is 3.17. The normalized spacial score (nSPS) is 12.2. The zero-order chi connectivity index (χ0) is 20.4. The number of halogens is 1. The van der Waals surface area contributed by atoms with Gasteiger partial charge in [-0.25, -0.2) is 14.1 Å². The van der Waals surface area contributed by atoms with Crippen molar-refractivity contribution in [3.63, 3.8) is 0 Å². The number of pyridine rings is 1. The van der Waals surface area contributed by atoms with Gasteiger partial charge in [0.2, 0.25) is 0 Å². The third-order valence-corrected chi connectivity index (χ3v) is 6.66. The van der Waals surface area contributed by atoms with Crippen LogP contribution in [0, 0.1) is 5.82 Å². The van der Waals surface area contributed by atoms with Crippen LogP contribution in [0.25, 0.3) is 16.6 Å². The van der Waals surface area contributed by atoms with Gasteiger partial charge in [0.05, 0.1) is 35.2 Å². The fourth-order valence-electron chi connectivity index (χ4n) is 3.05. The van der Waals surface area contributed by atoms with Crippen LogP contribution in [-0.4, -0.2) is 31.9 Å². The van der Waals surface area contributed by atoms with Crippen molar-refractivity contribution in [3.8, 4) is 5.69 Å². The second kappa shape index (κ2) is 8.30. The van der Waals surface area contributed by atoms with Crippen LogP contribution in [0.3, 0.4) is 0 Å². The largest absolute Gasteiger partial charge is 0.344 e. The standard InChI is InChI=1S/C20H18FN5OS2/c1-3-16(18-11-23-20(28-2)29-18)25-19(27)15-8-22-10-17-14(15)9-24-26(17)13-6-4-12(21)5-7-13/h4-11,16H,3H2,1-2H3,(H,25,27). The molecule has 1 atom stereocenters. The summed E-state index contributed by atoms with van der Waals surface area (Å²) in [7, 11) is 0. The van der Waals surface area contributed by atoms with E-state index in [4.69, 9.17) is 0 Å². The Hall–Kier alpha value is -2.78. The zero-order valence-corrected chi connectivity index (χ0v) is 17.4. The van der Waals surface area contributed by atoms with Gasteiger partial charge in [0.25, 0.3) is 5.91 Å². The van der Waals surface area contributed by atoms with E-state index in [1.807, 2.05) is 19.4 Å². The van der Waals surface area contributed by atoms with Crippen LogP contribution in [0.2, 0.25) is 0 Å². The van der Waals surface area contributed by atoms with E-state index in [0.717, 1.165) is 15.6 Å². The first-order valence-electron chi connectivity index (χ1n) is 8.99. The van der Waals surface area contributed by atoms with Crippen molar-refractivity contribution in [1.29, 1.82) is 0 Å². The molecule has 3 heterocycles. The Morgan fingerprint density at radius 3 is 2.72 bits per heavy atom. The predicted molar refractivity (Wildman–Crippen MR) is 113 cm³/mol. The van der Waals surface area contributed by atoms with Gasteiger partial charge < -0.3 is 5.32 Å². The van der Waals surface area contributed by atoms with E-state index >= 15 is 0 Å². The number of carbonyl (C=O) groups excluding carboxylic acids is 1. The number of nitrogens with one attached hydrogen (secondary N) is 1. The van der Waals surface area contributed by atoms with Crippen LogP contribution in [0.1, 0.15) is 34.6 Å². The number of benzene rings is 1. The van der Waals surface area contributed by atoms with E-state index < -0.39 is 0 Å². The number of carbonyl (C=O) groups is 1. The smallest absolute Gasteiger partial charge is 0.254 e. The molecule has 1 amide bonds. The van der Waals surface area contributed by atoms with Crippen LogP contribution < -0.4 is 5.32 Å². The van der Waals surface area contributed by atoms with Crippen molar-refractivity contribution in [2.75, 3.05) is 6.26 Å². The van der Waals surface area contributed by atoms with Crippen molar-refractivity contribution in [1.82, 2.24) is 25.1 Å². The molecule has 148 valence electrons. The molecule has 0 aliphatic heterocycles. The summed E-state index contributed by atoms with van der Waals surface area (Å²) in [6, 6.07) is 5.89. The molecule has 0 fully saturated rings. The summed E-state index contributed by atoms with van der Waals surface area (Å²) in [5, 5.41) is 8.14. The minimum Gasteiger partial charge on any atom is -0.344 e. The molecular formula is C20H18FN5OS2. The van der Waals surface area contributed by atoms with Crippen LogP contribution in [-0.2, 0) is 0 Å². The Morgan fingerprint density at radius 2 is 2.03 bits per heavy atom. The Kier molecular flexibility index (Phi) is 5.59. The first kappa shape index (κ1) is 19.5. The minimum absolute atomic E-state index is 0.122. The maximum absolute atomic E-state index is 13.2. The summed E-state index contributed by atoms with van der Waals surface area (Å²) in [6.07, 6.45) is 9.37. The molecule has 29 heavy (non-hydrogen) atoms. The number of thioether (sulfide) groups is 1. The topological polar surface area (TPSA) is 72.7 Å². The van der Waals surface area contributed by atoms with Gasteiger partial charge in [-0.05, 0) is 36.9 Å². The van der Waals surface area contributed by atoms with Crippen molar-refractivity contribution in [3.05, 3.63) is 65.3 Å². The average Bonchev–Trinajstić information content (AvgIpc) is 3.39. The zero-order valence-electron chi connectivity index (χ0n) is 15.8. The molecule has 1 aromatic carbocycles. The minimum atomic E-state index is -0.318.